The lowest BCUT2D eigenvalue weighted by molar-refractivity contribution is -0.442. The van der Waals surface area contributed by atoms with Crippen molar-refractivity contribution in [3.05, 3.63) is 76.6 Å². The second kappa shape index (κ2) is 17.9. The van der Waals surface area contributed by atoms with Crippen LogP contribution in [0.3, 0.4) is 0 Å². The van der Waals surface area contributed by atoms with Gasteiger partial charge in [0.25, 0.3) is 10.1 Å². The Morgan fingerprint density at radius 3 is 2.23 bits per heavy atom. The van der Waals surface area contributed by atoms with E-state index in [1.54, 1.807) is 19.1 Å². The van der Waals surface area contributed by atoms with E-state index in [1.165, 1.54) is 22.9 Å². The van der Waals surface area contributed by atoms with Crippen molar-refractivity contribution in [2.45, 2.75) is 84.0 Å². The molecule has 0 spiro atoms. The van der Waals surface area contributed by atoms with Gasteiger partial charge in [0.05, 0.1) is 56.6 Å². The summed E-state index contributed by atoms with van der Waals surface area (Å²) in [5.74, 6) is 2.04. The quantitative estimate of drug-likeness (QED) is 0.0958. The molecule has 0 aromatic heterocycles. The van der Waals surface area contributed by atoms with E-state index in [0.717, 1.165) is 78.4 Å². The molecule has 11 nitrogen and oxygen atoms in total. The van der Waals surface area contributed by atoms with E-state index >= 15 is 0 Å². The molecule has 2 aromatic carbocycles. The Balaban J connectivity index is 1.18. The summed E-state index contributed by atoms with van der Waals surface area (Å²) in [6.45, 7) is 18.4. The van der Waals surface area contributed by atoms with Gasteiger partial charge < -0.3 is 28.6 Å². The van der Waals surface area contributed by atoms with Crippen molar-refractivity contribution in [3.63, 3.8) is 0 Å². The third-order valence-corrected chi connectivity index (χ3v) is 11.7. The van der Waals surface area contributed by atoms with Gasteiger partial charge in [-0.25, -0.2) is 0 Å². The fraction of sp³-hybridized carbons (Fsp3) is 0.545. The fourth-order valence-electron chi connectivity index (χ4n) is 7.96. The van der Waals surface area contributed by atoms with Crippen LogP contribution in [0.1, 0.15) is 83.1 Å². The van der Waals surface area contributed by atoms with Crippen LogP contribution in [0.15, 0.2) is 59.2 Å². The molecule has 0 bridgehead atoms. The van der Waals surface area contributed by atoms with Crippen LogP contribution in [0.2, 0.25) is 0 Å². The number of nitrogens with zero attached hydrogens (tertiary/aromatic N) is 2. The number of rotatable bonds is 18. The molecule has 56 heavy (non-hydrogen) atoms. The van der Waals surface area contributed by atoms with Gasteiger partial charge in [-0.1, -0.05) is 32.9 Å². The minimum atomic E-state index is -4.38. The number of ketones is 1. The maximum absolute atomic E-state index is 12.2. The van der Waals surface area contributed by atoms with Crippen molar-refractivity contribution in [3.8, 4) is 5.75 Å². The molecule has 12 heteroatoms. The summed E-state index contributed by atoms with van der Waals surface area (Å²) in [7, 11) is -4.38. The molecule has 0 aliphatic carbocycles. The molecule has 0 unspecified atom stereocenters. The number of hydrogen-bond donors (Lipinski definition) is 1. The van der Waals surface area contributed by atoms with Crippen molar-refractivity contribution < 1.29 is 46.0 Å². The Morgan fingerprint density at radius 1 is 0.946 bits per heavy atom. The highest BCUT2D eigenvalue weighted by Gasteiger charge is 2.45. The average Bonchev–Trinajstić information content (AvgIpc) is 3.35. The first-order chi connectivity index (χ1) is 26.7. The highest BCUT2D eigenvalue weighted by Crippen LogP contribution is 2.49. The number of aryl methyl sites for hydroxylation is 1. The maximum Gasteiger partial charge on any atom is 0.294 e. The van der Waals surface area contributed by atoms with Crippen LogP contribution in [-0.2, 0) is 52.1 Å². The molecule has 2 aromatic rings. The summed E-state index contributed by atoms with van der Waals surface area (Å²) in [5, 5.41) is 0. The average molecular weight is 792 g/mol. The summed E-state index contributed by atoms with van der Waals surface area (Å²) < 4.78 is 65.7. The van der Waals surface area contributed by atoms with Crippen LogP contribution in [0.25, 0.3) is 5.57 Å². The highest BCUT2D eigenvalue weighted by molar-refractivity contribution is 7.85. The molecule has 4 aliphatic heterocycles. The minimum Gasteiger partial charge on any atom is -0.460 e. The zero-order valence-electron chi connectivity index (χ0n) is 33.9. The van der Waals surface area contributed by atoms with Crippen molar-refractivity contribution in [2.24, 2.45) is 5.41 Å². The summed E-state index contributed by atoms with van der Waals surface area (Å²) >= 11 is 0. The number of anilines is 1. The van der Waals surface area contributed by atoms with Crippen LogP contribution in [0.5, 0.6) is 5.75 Å². The molecule has 1 N–H and O–H groups in total. The van der Waals surface area contributed by atoms with Crippen LogP contribution in [0, 0.1) is 5.41 Å². The van der Waals surface area contributed by atoms with Crippen LogP contribution < -0.4 is 9.64 Å². The molecule has 6 rings (SSSR count). The molecule has 0 radical (unpaired) electrons. The normalized spacial score (nSPS) is 18.2. The molecule has 0 saturated heterocycles. The van der Waals surface area contributed by atoms with E-state index in [2.05, 4.69) is 74.5 Å². The first kappa shape index (κ1) is 42.0. The molecule has 0 fully saturated rings. The molecular weight excluding hydrogens is 733 g/mol. The van der Waals surface area contributed by atoms with E-state index in [0.29, 0.717) is 65.8 Å². The molecule has 0 saturated carbocycles. The number of carbonyl (C=O) groups is 1. The number of benzene rings is 2. The number of Topliss-reactive ketones (excluding diaryl/α,β-unsaturated/α-hetero) is 1. The number of carbonyl (C=O) groups excluding carboxylic acids is 1. The second-order valence-electron chi connectivity index (χ2n) is 16.5. The molecule has 0 amide bonds. The lowest BCUT2D eigenvalue weighted by Crippen LogP contribution is -2.35. The van der Waals surface area contributed by atoms with Crippen LogP contribution >= 0.6 is 0 Å². The standard InChI is InChI=1S/C44H58N2O9S/c1-31(47)16-20-51-22-24-53-26-27-54-25-23-52-21-19-46-38-15-14-34(56(48,49)50)30-37(38)44(5,6)39(46)13-7-10-32-29-40(43(2,3)4)55-42-35-12-9-18-45-17-8-11-33(41(35)45)28-36(32)42/h7,10,13-15,28-30H,8-9,11-12,16-27H2,1-6H3/p+1. The molecule has 0 atom stereocenters. The molecule has 304 valence electrons. The monoisotopic (exact) mass is 791 g/mol. The van der Waals surface area contributed by atoms with Gasteiger partial charge >= 0.3 is 0 Å². The summed E-state index contributed by atoms with van der Waals surface area (Å²) in [5.41, 5.74) is 8.28. The van der Waals surface area contributed by atoms with E-state index in [9.17, 15) is 17.8 Å². The van der Waals surface area contributed by atoms with Gasteiger partial charge in [0, 0.05) is 59.4 Å². The van der Waals surface area contributed by atoms with Gasteiger partial charge in [-0.2, -0.15) is 13.0 Å². The smallest absolute Gasteiger partial charge is 0.294 e. The second-order valence-corrected chi connectivity index (χ2v) is 17.9. The van der Waals surface area contributed by atoms with Crippen LogP contribution in [0.4, 0.5) is 11.4 Å². The van der Waals surface area contributed by atoms with E-state index in [-0.39, 0.29) is 16.1 Å². The molecule has 4 aliphatic rings. The van der Waals surface area contributed by atoms with E-state index in [4.69, 9.17) is 23.7 Å². The first-order valence-electron chi connectivity index (χ1n) is 20.0. The predicted molar refractivity (Wildman–Crippen MR) is 218 cm³/mol. The third-order valence-electron chi connectivity index (χ3n) is 10.9. The molecular formula is C44H59N2O9S+. The largest absolute Gasteiger partial charge is 0.460 e. The van der Waals surface area contributed by atoms with Crippen molar-refractivity contribution in [1.82, 2.24) is 0 Å². The number of ether oxygens (including phenoxy) is 5. The Bertz CT molecular complexity index is 2020. The van der Waals surface area contributed by atoms with E-state index in [1.807, 2.05) is 0 Å². The Morgan fingerprint density at radius 2 is 1.59 bits per heavy atom. The first-order valence-corrected chi connectivity index (χ1v) is 21.4. The number of hydrogen-bond acceptors (Lipinski definition) is 9. The summed E-state index contributed by atoms with van der Waals surface area (Å²) in [4.78, 5) is 13.4. The zero-order chi connectivity index (χ0) is 40.1. The summed E-state index contributed by atoms with van der Waals surface area (Å²) in [6.07, 6.45) is 13.3. The lowest BCUT2D eigenvalue weighted by Gasteiger charge is -2.40. The van der Waals surface area contributed by atoms with Crippen LogP contribution in [-0.4, -0.2) is 102 Å². The highest BCUT2D eigenvalue weighted by atomic mass is 32.2. The van der Waals surface area contributed by atoms with E-state index < -0.39 is 15.5 Å². The van der Waals surface area contributed by atoms with Gasteiger partial charge in [0.2, 0.25) is 5.69 Å². The lowest BCUT2D eigenvalue weighted by atomic mass is 9.81. The van der Waals surface area contributed by atoms with Gasteiger partial charge in [-0.3, -0.25) is 9.35 Å². The number of fused-ring (bicyclic) bond motifs is 3. The Kier molecular flexibility index (Phi) is 13.4. The van der Waals surface area contributed by atoms with Gasteiger partial charge in [0.15, 0.2) is 12.3 Å². The van der Waals surface area contributed by atoms with Gasteiger partial charge in [0.1, 0.15) is 23.9 Å². The third kappa shape index (κ3) is 9.71. The Hall–Kier alpha value is -3.65. The van der Waals surface area contributed by atoms with Gasteiger partial charge in [-0.05, 0) is 81.9 Å². The van der Waals surface area contributed by atoms with Gasteiger partial charge in [-0.15, -0.1) is 0 Å². The Labute approximate surface area is 332 Å². The molecule has 4 heterocycles. The van der Waals surface area contributed by atoms with Crippen molar-refractivity contribution in [1.29, 1.82) is 0 Å². The fourth-order valence-corrected chi connectivity index (χ4v) is 8.47. The van der Waals surface area contributed by atoms with Crippen molar-refractivity contribution >= 4 is 38.6 Å². The number of allylic oxidation sites excluding steroid dienone is 6. The zero-order valence-corrected chi connectivity index (χ0v) is 34.8. The minimum absolute atomic E-state index is 0.108. The maximum atomic E-state index is 12.2. The summed E-state index contributed by atoms with van der Waals surface area (Å²) in [6, 6.07) is 7.14. The predicted octanol–water partition coefficient (Wildman–Crippen LogP) is 7.02. The SMILES string of the molecule is CC(=O)CCOCCOCCOCCOCC[N+]1=C(C=CC=C2C=C(C(C)(C)C)Oc3c2cc2c4c3CCCN4CCC2)C(C)(C)c2cc(S(=O)(=O)O)ccc21. The topological polar surface area (TPSA) is 124 Å². The van der Waals surface area contributed by atoms with Crippen molar-refractivity contribution in [2.75, 3.05) is 77.4 Å².